The van der Waals surface area contributed by atoms with E-state index in [0.717, 1.165) is 12.1 Å². The van der Waals surface area contributed by atoms with Crippen molar-refractivity contribution in [3.05, 3.63) is 51.2 Å². The Morgan fingerprint density at radius 3 is 2.62 bits per heavy atom. The van der Waals surface area contributed by atoms with Crippen LogP contribution in [-0.4, -0.2) is 6.61 Å². The molecule has 0 aliphatic rings. The first kappa shape index (κ1) is 15.9. The number of rotatable bonds is 6. The van der Waals surface area contributed by atoms with E-state index in [-0.39, 0.29) is 11.8 Å². The maximum Gasteiger partial charge on any atom is 0.387 e. The maximum atomic E-state index is 12.2. The third-order valence-electron chi connectivity index (χ3n) is 3.38. The molecule has 0 bridgehead atoms. The highest BCUT2D eigenvalue weighted by Gasteiger charge is 2.10. The molecule has 2 rings (SSSR count). The molecule has 0 aliphatic heterocycles. The van der Waals surface area contributed by atoms with Crippen LogP contribution in [0.3, 0.4) is 0 Å². The lowest BCUT2D eigenvalue weighted by Crippen LogP contribution is -2.17. The van der Waals surface area contributed by atoms with Crippen molar-refractivity contribution in [2.45, 2.75) is 40.0 Å². The molecule has 0 saturated carbocycles. The number of halogens is 2. The lowest BCUT2D eigenvalue weighted by Gasteiger charge is -2.15. The highest BCUT2D eigenvalue weighted by atomic mass is 32.1. The van der Waals surface area contributed by atoms with Gasteiger partial charge < -0.3 is 10.1 Å². The van der Waals surface area contributed by atoms with Gasteiger partial charge in [-0.1, -0.05) is 12.1 Å². The van der Waals surface area contributed by atoms with Crippen molar-refractivity contribution in [2.75, 3.05) is 0 Å². The van der Waals surface area contributed by atoms with Crippen molar-refractivity contribution in [3.8, 4) is 5.75 Å². The summed E-state index contributed by atoms with van der Waals surface area (Å²) in [5.41, 5.74) is 2.23. The molecular formula is C16H19F2NOS. The average molecular weight is 311 g/mol. The number of aryl methyl sites for hydroxylation is 2. The first-order chi connectivity index (χ1) is 9.95. The Balaban J connectivity index is 1.98. The zero-order valence-electron chi connectivity index (χ0n) is 12.3. The highest BCUT2D eigenvalue weighted by molar-refractivity contribution is 7.12. The van der Waals surface area contributed by atoms with Gasteiger partial charge in [0.15, 0.2) is 0 Å². The van der Waals surface area contributed by atoms with Crippen molar-refractivity contribution in [1.29, 1.82) is 0 Å². The molecule has 114 valence electrons. The highest BCUT2D eigenvalue weighted by Crippen LogP contribution is 2.23. The van der Waals surface area contributed by atoms with E-state index in [1.54, 1.807) is 23.5 Å². The molecule has 0 radical (unpaired) electrons. The second-order valence-corrected chi connectivity index (χ2v) is 6.35. The van der Waals surface area contributed by atoms with E-state index in [9.17, 15) is 8.78 Å². The van der Waals surface area contributed by atoms with Crippen molar-refractivity contribution < 1.29 is 13.5 Å². The zero-order valence-corrected chi connectivity index (χ0v) is 13.1. The smallest absolute Gasteiger partial charge is 0.387 e. The van der Waals surface area contributed by atoms with Crippen LogP contribution in [0.4, 0.5) is 8.78 Å². The van der Waals surface area contributed by atoms with Crippen molar-refractivity contribution in [3.63, 3.8) is 0 Å². The van der Waals surface area contributed by atoms with Crippen LogP contribution in [0, 0.1) is 13.8 Å². The number of thiophene rings is 1. The van der Waals surface area contributed by atoms with Gasteiger partial charge in [-0.05, 0) is 50.1 Å². The summed E-state index contributed by atoms with van der Waals surface area (Å²) in [4.78, 5) is 2.60. The summed E-state index contributed by atoms with van der Waals surface area (Å²) in [6.07, 6.45) is 0. The number of hydrogen-bond donors (Lipinski definition) is 1. The molecule has 0 amide bonds. The minimum absolute atomic E-state index is 0.0638. The predicted molar refractivity (Wildman–Crippen MR) is 82.1 cm³/mol. The summed E-state index contributed by atoms with van der Waals surface area (Å²) in [6.45, 7) is 4.19. The van der Waals surface area contributed by atoms with Crippen LogP contribution < -0.4 is 10.1 Å². The monoisotopic (exact) mass is 311 g/mol. The van der Waals surface area contributed by atoms with Gasteiger partial charge >= 0.3 is 6.61 Å². The second kappa shape index (κ2) is 7.00. The molecule has 1 heterocycles. The van der Waals surface area contributed by atoms with Crippen LogP contribution in [-0.2, 0) is 6.54 Å². The fraction of sp³-hybridized carbons (Fsp3) is 0.375. The van der Waals surface area contributed by atoms with Gasteiger partial charge in [-0.3, -0.25) is 0 Å². The third-order valence-corrected chi connectivity index (χ3v) is 4.54. The average Bonchev–Trinajstić information content (AvgIpc) is 2.75. The topological polar surface area (TPSA) is 21.3 Å². The summed E-state index contributed by atoms with van der Waals surface area (Å²) >= 11 is 1.78. The van der Waals surface area contributed by atoms with Gasteiger partial charge in [-0.2, -0.15) is 8.78 Å². The summed E-state index contributed by atoms with van der Waals surface area (Å²) in [5.74, 6) is 0.193. The van der Waals surface area contributed by atoms with Gasteiger partial charge in [0.05, 0.1) is 0 Å². The molecule has 0 aliphatic carbocycles. The Morgan fingerprint density at radius 2 is 2.00 bits per heavy atom. The minimum atomic E-state index is -2.79. The quantitative estimate of drug-likeness (QED) is 0.826. The lowest BCUT2D eigenvalue weighted by atomic mass is 10.1. The molecule has 1 aromatic heterocycles. The molecule has 0 fully saturated rings. The Morgan fingerprint density at radius 1 is 1.24 bits per heavy atom. The van der Waals surface area contributed by atoms with Gasteiger partial charge in [0.2, 0.25) is 0 Å². The molecule has 5 heteroatoms. The summed E-state index contributed by atoms with van der Waals surface area (Å²) in [5, 5.41) is 3.40. The Labute approximate surface area is 127 Å². The van der Waals surface area contributed by atoms with E-state index >= 15 is 0 Å². The van der Waals surface area contributed by atoms with Crippen LogP contribution in [0.1, 0.15) is 33.8 Å². The van der Waals surface area contributed by atoms with Crippen LogP contribution in [0.25, 0.3) is 0 Å². The van der Waals surface area contributed by atoms with Crippen molar-refractivity contribution in [2.24, 2.45) is 0 Å². The molecule has 0 spiro atoms. The van der Waals surface area contributed by atoms with E-state index in [4.69, 9.17) is 0 Å². The standard InChI is InChI=1S/C16H19F2NOS/c1-10-7-15(21-12(10)3)9-19-11(2)13-5-4-6-14(8-13)20-16(17)18/h4-8,11,16,19H,9H2,1-3H3. The molecular weight excluding hydrogens is 292 g/mol. The fourth-order valence-corrected chi connectivity index (χ4v) is 3.07. The fourth-order valence-electron chi connectivity index (χ4n) is 2.07. The second-order valence-electron chi connectivity index (χ2n) is 5.01. The normalized spacial score (nSPS) is 12.7. The van der Waals surface area contributed by atoms with Gasteiger partial charge in [-0.15, -0.1) is 11.3 Å². The number of hydrogen-bond acceptors (Lipinski definition) is 3. The molecule has 1 unspecified atom stereocenters. The summed E-state index contributed by atoms with van der Waals surface area (Å²) < 4.78 is 28.9. The number of nitrogens with one attached hydrogen (secondary N) is 1. The predicted octanol–water partition coefficient (Wildman–Crippen LogP) is 4.82. The van der Waals surface area contributed by atoms with E-state index in [0.29, 0.717) is 0 Å². The molecule has 0 saturated heterocycles. The van der Waals surface area contributed by atoms with Crippen LogP contribution in [0.2, 0.25) is 0 Å². The summed E-state index contributed by atoms with van der Waals surface area (Å²) in [7, 11) is 0. The minimum Gasteiger partial charge on any atom is -0.435 e. The van der Waals surface area contributed by atoms with E-state index < -0.39 is 6.61 Å². The molecule has 1 aromatic carbocycles. The number of ether oxygens (including phenoxy) is 1. The maximum absolute atomic E-state index is 12.2. The van der Waals surface area contributed by atoms with E-state index in [2.05, 4.69) is 30.0 Å². The largest absolute Gasteiger partial charge is 0.435 e. The Kier molecular flexibility index (Phi) is 5.31. The van der Waals surface area contributed by atoms with Crippen molar-refractivity contribution in [1.82, 2.24) is 5.32 Å². The molecule has 2 nitrogen and oxygen atoms in total. The van der Waals surface area contributed by atoms with Gasteiger partial charge in [0.1, 0.15) is 5.75 Å². The Bertz CT molecular complexity index is 578. The van der Waals surface area contributed by atoms with Crippen LogP contribution >= 0.6 is 11.3 Å². The van der Waals surface area contributed by atoms with Crippen LogP contribution in [0.15, 0.2) is 30.3 Å². The summed E-state index contributed by atoms with van der Waals surface area (Å²) in [6, 6.07) is 9.05. The number of benzene rings is 1. The first-order valence-corrected chi connectivity index (χ1v) is 7.61. The van der Waals surface area contributed by atoms with Gasteiger partial charge in [0.25, 0.3) is 0 Å². The first-order valence-electron chi connectivity index (χ1n) is 6.80. The lowest BCUT2D eigenvalue weighted by molar-refractivity contribution is -0.0499. The molecule has 2 aromatic rings. The number of alkyl halides is 2. The molecule has 1 N–H and O–H groups in total. The third kappa shape index (κ3) is 4.51. The Hall–Kier alpha value is -1.46. The van der Waals surface area contributed by atoms with E-state index in [1.807, 2.05) is 13.0 Å². The molecule has 1 atom stereocenters. The molecule has 21 heavy (non-hydrogen) atoms. The van der Waals surface area contributed by atoms with Crippen molar-refractivity contribution >= 4 is 11.3 Å². The van der Waals surface area contributed by atoms with Gasteiger partial charge in [0, 0.05) is 22.3 Å². The van der Waals surface area contributed by atoms with Gasteiger partial charge in [-0.25, -0.2) is 0 Å². The zero-order chi connectivity index (χ0) is 15.4. The SMILES string of the molecule is Cc1cc(CNC(C)c2cccc(OC(F)F)c2)sc1C. The van der Waals surface area contributed by atoms with Crippen LogP contribution in [0.5, 0.6) is 5.75 Å². The van der Waals surface area contributed by atoms with E-state index in [1.165, 1.54) is 21.4 Å².